The minimum atomic E-state index is -0.107. The van der Waals surface area contributed by atoms with Crippen LogP contribution in [0.15, 0.2) is 16.9 Å². The van der Waals surface area contributed by atoms with Crippen LogP contribution in [-0.2, 0) is 17.8 Å². The Morgan fingerprint density at radius 3 is 2.95 bits per heavy atom. The predicted molar refractivity (Wildman–Crippen MR) is 74.1 cm³/mol. The molecule has 19 heavy (non-hydrogen) atoms. The van der Waals surface area contributed by atoms with Gasteiger partial charge in [-0.3, -0.25) is 9.59 Å². The van der Waals surface area contributed by atoms with Crippen LogP contribution in [0.3, 0.4) is 0 Å². The molecule has 1 unspecified atom stereocenters. The zero-order chi connectivity index (χ0) is 13.8. The minimum absolute atomic E-state index is 0.0956. The molecular formula is C14H21N3O2. The molecule has 1 atom stereocenters. The maximum atomic E-state index is 12.0. The molecule has 1 amide bonds. The summed E-state index contributed by atoms with van der Waals surface area (Å²) in [5.74, 6) is -0.107. The standard InChI is InChI=1S/C14H21N3O2/c1-3-16-13(18)9-17-12-6-4-5-11(15-2)10(12)7-8-14(17)19/h7-8,11,15H,3-6,9H2,1-2H3,(H,16,18). The Bertz CT molecular complexity index is 522. The van der Waals surface area contributed by atoms with Crippen molar-refractivity contribution in [1.82, 2.24) is 15.2 Å². The minimum Gasteiger partial charge on any atom is -0.355 e. The summed E-state index contributed by atoms with van der Waals surface area (Å²) in [7, 11) is 1.93. The molecule has 1 heterocycles. The maximum absolute atomic E-state index is 12.0. The fourth-order valence-corrected chi connectivity index (χ4v) is 2.73. The van der Waals surface area contributed by atoms with Gasteiger partial charge in [0.05, 0.1) is 0 Å². The van der Waals surface area contributed by atoms with Gasteiger partial charge in [-0.05, 0) is 38.8 Å². The molecule has 0 aliphatic heterocycles. The van der Waals surface area contributed by atoms with Crippen LogP contribution in [0.4, 0.5) is 0 Å². The molecule has 2 N–H and O–H groups in total. The number of carbonyl (C=O) groups is 1. The Labute approximate surface area is 113 Å². The lowest BCUT2D eigenvalue weighted by atomic mass is 9.91. The van der Waals surface area contributed by atoms with Gasteiger partial charge in [0.25, 0.3) is 5.56 Å². The first-order chi connectivity index (χ1) is 9.17. The number of hydrogen-bond donors (Lipinski definition) is 2. The SMILES string of the molecule is CCNC(=O)Cn1c2c(ccc1=O)C(NC)CCC2. The van der Waals surface area contributed by atoms with Gasteiger partial charge in [-0.25, -0.2) is 0 Å². The van der Waals surface area contributed by atoms with E-state index in [-0.39, 0.29) is 24.1 Å². The number of nitrogens with zero attached hydrogens (tertiary/aromatic N) is 1. The highest BCUT2D eigenvalue weighted by molar-refractivity contribution is 5.75. The van der Waals surface area contributed by atoms with Gasteiger partial charge >= 0.3 is 0 Å². The van der Waals surface area contributed by atoms with E-state index in [9.17, 15) is 9.59 Å². The van der Waals surface area contributed by atoms with Gasteiger partial charge in [0.1, 0.15) is 6.54 Å². The van der Waals surface area contributed by atoms with Crippen molar-refractivity contribution in [3.63, 3.8) is 0 Å². The average molecular weight is 263 g/mol. The van der Waals surface area contributed by atoms with Crippen molar-refractivity contribution in [2.24, 2.45) is 0 Å². The Balaban J connectivity index is 2.37. The first-order valence-corrected chi connectivity index (χ1v) is 6.84. The van der Waals surface area contributed by atoms with Crippen molar-refractivity contribution in [3.05, 3.63) is 33.7 Å². The molecule has 0 saturated heterocycles. The number of amides is 1. The van der Waals surface area contributed by atoms with E-state index < -0.39 is 0 Å². The van der Waals surface area contributed by atoms with E-state index in [4.69, 9.17) is 0 Å². The lowest BCUT2D eigenvalue weighted by molar-refractivity contribution is -0.121. The molecule has 1 aliphatic carbocycles. The van der Waals surface area contributed by atoms with E-state index in [0.29, 0.717) is 6.54 Å². The van der Waals surface area contributed by atoms with Gasteiger partial charge < -0.3 is 15.2 Å². The normalized spacial score (nSPS) is 17.9. The molecule has 0 spiro atoms. The number of rotatable bonds is 4. The number of pyridine rings is 1. The van der Waals surface area contributed by atoms with Gasteiger partial charge in [-0.1, -0.05) is 6.07 Å². The summed E-state index contributed by atoms with van der Waals surface area (Å²) >= 11 is 0. The van der Waals surface area contributed by atoms with Crippen molar-refractivity contribution >= 4 is 5.91 Å². The summed E-state index contributed by atoms with van der Waals surface area (Å²) in [6.07, 6.45) is 2.98. The smallest absolute Gasteiger partial charge is 0.251 e. The fourth-order valence-electron chi connectivity index (χ4n) is 2.73. The molecule has 0 aromatic carbocycles. The zero-order valence-corrected chi connectivity index (χ0v) is 11.5. The molecular weight excluding hydrogens is 242 g/mol. The van der Waals surface area contributed by atoms with Crippen molar-refractivity contribution in [2.75, 3.05) is 13.6 Å². The summed E-state index contributed by atoms with van der Waals surface area (Å²) in [5.41, 5.74) is 2.06. The Kier molecular flexibility index (Phi) is 4.37. The molecule has 0 saturated carbocycles. The van der Waals surface area contributed by atoms with Crippen LogP contribution in [0.2, 0.25) is 0 Å². The van der Waals surface area contributed by atoms with Crippen LogP contribution in [0, 0.1) is 0 Å². The monoisotopic (exact) mass is 263 g/mol. The molecule has 5 heteroatoms. The first-order valence-electron chi connectivity index (χ1n) is 6.84. The molecule has 0 fully saturated rings. The second-order valence-corrected chi connectivity index (χ2v) is 4.85. The van der Waals surface area contributed by atoms with Gasteiger partial charge in [-0.2, -0.15) is 0 Å². The number of fused-ring (bicyclic) bond motifs is 1. The summed E-state index contributed by atoms with van der Waals surface area (Å²) in [4.78, 5) is 23.7. The summed E-state index contributed by atoms with van der Waals surface area (Å²) in [5, 5.41) is 6.01. The van der Waals surface area contributed by atoms with Crippen LogP contribution in [0.25, 0.3) is 0 Å². The molecule has 0 bridgehead atoms. The summed E-state index contributed by atoms with van der Waals surface area (Å²) < 4.78 is 1.61. The Hall–Kier alpha value is -1.62. The van der Waals surface area contributed by atoms with Crippen LogP contribution < -0.4 is 16.2 Å². The molecule has 1 aromatic rings. The van der Waals surface area contributed by atoms with Crippen LogP contribution in [-0.4, -0.2) is 24.1 Å². The quantitative estimate of drug-likeness (QED) is 0.835. The molecule has 0 radical (unpaired) electrons. The predicted octanol–water partition coefficient (Wildman–Crippen LogP) is 0.581. The number of aromatic nitrogens is 1. The van der Waals surface area contributed by atoms with E-state index >= 15 is 0 Å². The van der Waals surface area contributed by atoms with Gasteiger partial charge in [0.15, 0.2) is 0 Å². The Morgan fingerprint density at radius 2 is 2.26 bits per heavy atom. The van der Waals surface area contributed by atoms with Crippen LogP contribution >= 0.6 is 0 Å². The molecule has 2 rings (SSSR count). The number of carbonyl (C=O) groups excluding carboxylic acids is 1. The topological polar surface area (TPSA) is 63.1 Å². The highest BCUT2D eigenvalue weighted by atomic mass is 16.2. The molecule has 1 aliphatic rings. The molecule has 5 nitrogen and oxygen atoms in total. The molecule has 1 aromatic heterocycles. The maximum Gasteiger partial charge on any atom is 0.251 e. The van der Waals surface area contributed by atoms with Crippen molar-refractivity contribution in [1.29, 1.82) is 0 Å². The fraction of sp³-hybridized carbons (Fsp3) is 0.571. The van der Waals surface area contributed by atoms with Gasteiger partial charge in [-0.15, -0.1) is 0 Å². The summed E-state index contributed by atoms with van der Waals surface area (Å²) in [6.45, 7) is 2.58. The number of likely N-dealkylation sites (N-methyl/N-ethyl adjacent to an activating group) is 1. The van der Waals surface area contributed by atoms with Crippen LogP contribution in [0.5, 0.6) is 0 Å². The van der Waals surface area contributed by atoms with E-state index in [1.807, 2.05) is 20.0 Å². The van der Waals surface area contributed by atoms with E-state index in [2.05, 4.69) is 10.6 Å². The summed E-state index contributed by atoms with van der Waals surface area (Å²) in [6, 6.07) is 3.74. The second-order valence-electron chi connectivity index (χ2n) is 4.85. The van der Waals surface area contributed by atoms with E-state index in [1.54, 1.807) is 10.6 Å². The highest BCUT2D eigenvalue weighted by Crippen LogP contribution is 2.28. The third-order valence-electron chi connectivity index (χ3n) is 3.64. The third kappa shape index (κ3) is 2.87. The number of hydrogen-bond acceptors (Lipinski definition) is 3. The second kappa shape index (κ2) is 6.02. The van der Waals surface area contributed by atoms with E-state index in [0.717, 1.165) is 30.5 Å². The van der Waals surface area contributed by atoms with E-state index in [1.165, 1.54) is 0 Å². The van der Waals surface area contributed by atoms with Crippen LogP contribution in [0.1, 0.15) is 37.1 Å². The lowest BCUT2D eigenvalue weighted by Gasteiger charge is -2.27. The first kappa shape index (κ1) is 13.8. The average Bonchev–Trinajstić information content (AvgIpc) is 2.41. The lowest BCUT2D eigenvalue weighted by Crippen LogP contribution is -2.36. The highest BCUT2D eigenvalue weighted by Gasteiger charge is 2.22. The molecule has 104 valence electrons. The van der Waals surface area contributed by atoms with Crippen molar-refractivity contribution in [3.8, 4) is 0 Å². The van der Waals surface area contributed by atoms with Gasteiger partial charge in [0.2, 0.25) is 5.91 Å². The largest absolute Gasteiger partial charge is 0.355 e. The van der Waals surface area contributed by atoms with Crippen molar-refractivity contribution in [2.45, 2.75) is 38.8 Å². The Morgan fingerprint density at radius 1 is 1.47 bits per heavy atom. The van der Waals surface area contributed by atoms with Crippen molar-refractivity contribution < 1.29 is 4.79 Å². The zero-order valence-electron chi connectivity index (χ0n) is 11.5. The van der Waals surface area contributed by atoms with Gasteiger partial charge in [0, 0.05) is 24.3 Å². The number of nitrogens with one attached hydrogen (secondary N) is 2. The third-order valence-corrected chi connectivity index (χ3v) is 3.64.